The lowest BCUT2D eigenvalue weighted by Crippen LogP contribution is -2.38. The number of aromatic nitrogens is 2. The smallest absolute Gasteiger partial charge is 0.386 e. The van der Waals surface area contributed by atoms with E-state index in [-0.39, 0.29) is 36.0 Å². The van der Waals surface area contributed by atoms with Crippen molar-refractivity contribution in [1.29, 1.82) is 0 Å². The van der Waals surface area contributed by atoms with Gasteiger partial charge in [-0.2, -0.15) is 13.2 Å². The van der Waals surface area contributed by atoms with E-state index in [1.54, 1.807) is 6.92 Å². The zero-order valence-corrected chi connectivity index (χ0v) is 14.5. The summed E-state index contributed by atoms with van der Waals surface area (Å²) in [4.78, 5) is 23.1. The first kappa shape index (κ1) is 19.7. The Morgan fingerprint density at radius 1 is 1.29 bits per heavy atom. The average molecular weight is 397 g/mol. The van der Waals surface area contributed by atoms with Crippen LogP contribution in [0.15, 0.2) is 35.6 Å². The molecule has 7 nitrogen and oxygen atoms in total. The minimum Gasteiger partial charge on any atom is -0.386 e. The number of hydrogen-bond donors (Lipinski definition) is 2. The molecule has 0 saturated carbocycles. The molecule has 0 aliphatic carbocycles. The number of amidine groups is 1. The molecule has 1 aliphatic heterocycles. The van der Waals surface area contributed by atoms with Gasteiger partial charge in [-0.3, -0.25) is 9.79 Å². The van der Waals surface area contributed by atoms with Crippen LogP contribution < -0.4 is 11.1 Å². The summed E-state index contributed by atoms with van der Waals surface area (Å²) in [6, 6.07) is 3.79. The predicted molar refractivity (Wildman–Crippen MR) is 91.2 cm³/mol. The molecule has 3 N–H and O–H groups in total. The summed E-state index contributed by atoms with van der Waals surface area (Å²) in [5.41, 5.74) is 3.39. The Kier molecular flexibility index (Phi) is 5.02. The van der Waals surface area contributed by atoms with Gasteiger partial charge in [-0.05, 0) is 25.1 Å². The Balaban J connectivity index is 1.83. The van der Waals surface area contributed by atoms with E-state index in [0.717, 1.165) is 6.07 Å². The Labute approximate surface area is 156 Å². The van der Waals surface area contributed by atoms with Gasteiger partial charge >= 0.3 is 6.18 Å². The van der Waals surface area contributed by atoms with Crippen LogP contribution in [0.1, 0.15) is 28.7 Å². The fraction of sp³-hybridized carbons (Fsp3) is 0.294. The number of nitrogens with one attached hydrogen (secondary N) is 1. The Bertz CT molecular complexity index is 930. The van der Waals surface area contributed by atoms with Crippen LogP contribution in [0.4, 0.5) is 23.2 Å². The van der Waals surface area contributed by atoms with Crippen molar-refractivity contribution >= 4 is 17.4 Å². The predicted octanol–water partition coefficient (Wildman–Crippen LogP) is 2.49. The third-order valence-electron chi connectivity index (χ3n) is 4.00. The molecule has 148 valence electrons. The van der Waals surface area contributed by atoms with Crippen LogP contribution in [0.5, 0.6) is 0 Å². The molecule has 1 aromatic carbocycles. The lowest BCUT2D eigenvalue weighted by molar-refractivity contribution is -0.141. The number of amides is 1. The molecule has 1 aliphatic rings. The topological polar surface area (TPSA) is 102 Å². The molecule has 0 bridgehead atoms. The Morgan fingerprint density at radius 3 is 2.64 bits per heavy atom. The fourth-order valence-corrected chi connectivity index (χ4v) is 2.68. The Hall–Kier alpha value is -3.08. The third kappa shape index (κ3) is 4.09. The SMILES string of the molecule is CC1(c2cc(NC(=O)c3cnc(C(F)(F)F)cn3)ccc2F)COCC(N)=N1. The molecule has 2 heterocycles. The average Bonchev–Trinajstić information content (AvgIpc) is 2.62. The molecule has 1 aromatic heterocycles. The number of halogens is 4. The van der Waals surface area contributed by atoms with Gasteiger partial charge in [0.25, 0.3) is 5.91 Å². The van der Waals surface area contributed by atoms with E-state index in [1.165, 1.54) is 12.1 Å². The summed E-state index contributed by atoms with van der Waals surface area (Å²) in [7, 11) is 0. The number of anilines is 1. The first-order chi connectivity index (χ1) is 13.1. The van der Waals surface area contributed by atoms with Gasteiger partial charge in [0.05, 0.1) is 19.0 Å². The molecule has 0 fully saturated rings. The van der Waals surface area contributed by atoms with Crippen LogP contribution in [0.2, 0.25) is 0 Å². The highest BCUT2D eigenvalue weighted by molar-refractivity contribution is 6.02. The summed E-state index contributed by atoms with van der Waals surface area (Å²) in [5, 5.41) is 2.44. The van der Waals surface area contributed by atoms with Crippen LogP contribution in [-0.2, 0) is 16.5 Å². The summed E-state index contributed by atoms with van der Waals surface area (Å²) < 4.78 is 57.2. The van der Waals surface area contributed by atoms with E-state index in [4.69, 9.17) is 10.5 Å². The molecule has 0 radical (unpaired) electrons. The molecule has 28 heavy (non-hydrogen) atoms. The normalized spacial score (nSPS) is 19.8. The zero-order valence-electron chi connectivity index (χ0n) is 14.5. The van der Waals surface area contributed by atoms with E-state index >= 15 is 0 Å². The van der Waals surface area contributed by atoms with Crippen molar-refractivity contribution in [3.8, 4) is 0 Å². The molecule has 0 spiro atoms. The lowest BCUT2D eigenvalue weighted by atomic mass is 9.92. The number of carbonyl (C=O) groups excluding carboxylic acids is 1. The van der Waals surface area contributed by atoms with Gasteiger partial charge in [-0.15, -0.1) is 0 Å². The number of carbonyl (C=O) groups is 1. The standard InChI is InChI=1S/C17H15F4N5O2/c1-16(8-28-7-14(22)26-16)10-4-9(2-3-11(10)18)25-15(27)12-5-24-13(6-23-12)17(19,20)21/h2-6H,7-8H2,1H3,(H2,22,26)(H,25,27). The van der Waals surface area contributed by atoms with Crippen molar-refractivity contribution in [1.82, 2.24) is 9.97 Å². The van der Waals surface area contributed by atoms with Gasteiger partial charge in [0.15, 0.2) is 5.69 Å². The fourth-order valence-electron chi connectivity index (χ4n) is 2.68. The van der Waals surface area contributed by atoms with E-state index in [2.05, 4.69) is 20.3 Å². The van der Waals surface area contributed by atoms with Crippen molar-refractivity contribution < 1.29 is 27.1 Å². The van der Waals surface area contributed by atoms with Crippen LogP contribution >= 0.6 is 0 Å². The first-order valence-corrected chi connectivity index (χ1v) is 8.01. The van der Waals surface area contributed by atoms with Crippen molar-refractivity contribution in [3.63, 3.8) is 0 Å². The first-order valence-electron chi connectivity index (χ1n) is 8.01. The minimum atomic E-state index is -4.66. The maximum absolute atomic E-state index is 14.3. The summed E-state index contributed by atoms with van der Waals surface area (Å²) >= 11 is 0. The molecule has 1 unspecified atom stereocenters. The number of benzene rings is 1. The minimum absolute atomic E-state index is 0.0897. The van der Waals surface area contributed by atoms with E-state index < -0.39 is 29.1 Å². The van der Waals surface area contributed by atoms with Gasteiger partial charge in [0.2, 0.25) is 0 Å². The summed E-state index contributed by atoms with van der Waals surface area (Å²) in [6.45, 7) is 1.86. The second-order valence-electron chi connectivity index (χ2n) is 6.30. The van der Waals surface area contributed by atoms with Gasteiger partial charge < -0.3 is 15.8 Å². The maximum Gasteiger partial charge on any atom is 0.434 e. The molecule has 11 heteroatoms. The molecule has 1 atom stereocenters. The second kappa shape index (κ2) is 7.15. The molecular weight excluding hydrogens is 382 g/mol. The number of alkyl halides is 3. The van der Waals surface area contributed by atoms with Crippen molar-refractivity contribution in [2.24, 2.45) is 10.7 Å². The van der Waals surface area contributed by atoms with Crippen LogP contribution in [0.25, 0.3) is 0 Å². The summed E-state index contributed by atoms with van der Waals surface area (Å²) in [6.07, 6.45) is -3.49. The van der Waals surface area contributed by atoms with E-state index in [0.29, 0.717) is 12.4 Å². The third-order valence-corrected chi connectivity index (χ3v) is 4.00. The highest BCUT2D eigenvalue weighted by Crippen LogP contribution is 2.32. The highest BCUT2D eigenvalue weighted by Gasteiger charge is 2.34. The number of hydrogen-bond acceptors (Lipinski definition) is 6. The summed E-state index contributed by atoms with van der Waals surface area (Å²) in [5.74, 6) is -1.16. The van der Waals surface area contributed by atoms with E-state index in [9.17, 15) is 22.4 Å². The zero-order chi connectivity index (χ0) is 20.5. The van der Waals surface area contributed by atoms with Crippen molar-refractivity contribution in [2.45, 2.75) is 18.6 Å². The lowest BCUT2D eigenvalue weighted by Gasteiger charge is -2.30. The largest absolute Gasteiger partial charge is 0.434 e. The number of nitrogens with two attached hydrogens (primary N) is 1. The van der Waals surface area contributed by atoms with Gasteiger partial charge in [0.1, 0.15) is 29.5 Å². The monoisotopic (exact) mass is 397 g/mol. The number of rotatable bonds is 3. The molecule has 1 amide bonds. The van der Waals surface area contributed by atoms with Gasteiger partial charge in [-0.25, -0.2) is 14.4 Å². The maximum atomic E-state index is 14.3. The molecule has 0 saturated heterocycles. The second-order valence-corrected chi connectivity index (χ2v) is 6.30. The highest BCUT2D eigenvalue weighted by atomic mass is 19.4. The van der Waals surface area contributed by atoms with Crippen LogP contribution in [0.3, 0.4) is 0 Å². The van der Waals surface area contributed by atoms with Crippen LogP contribution in [-0.4, -0.2) is 34.9 Å². The molecule has 3 rings (SSSR count). The van der Waals surface area contributed by atoms with E-state index in [1.807, 2.05) is 0 Å². The van der Waals surface area contributed by atoms with Gasteiger partial charge in [-0.1, -0.05) is 0 Å². The van der Waals surface area contributed by atoms with Crippen molar-refractivity contribution in [2.75, 3.05) is 18.5 Å². The number of aliphatic imine (C=N–C) groups is 1. The molecular formula is C17H15F4N5O2. The Morgan fingerprint density at radius 2 is 2.04 bits per heavy atom. The number of nitrogens with zero attached hydrogens (tertiary/aromatic N) is 3. The quantitative estimate of drug-likeness (QED) is 0.775. The number of ether oxygens (including phenoxy) is 1. The molecule has 2 aromatic rings. The van der Waals surface area contributed by atoms with Crippen LogP contribution in [0, 0.1) is 5.82 Å². The van der Waals surface area contributed by atoms with Gasteiger partial charge in [0, 0.05) is 11.3 Å². The van der Waals surface area contributed by atoms with Crippen molar-refractivity contribution in [3.05, 3.63) is 53.4 Å².